The number of anilines is 1. The smallest absolute Gasteiger partial charge is 0.241 e. The van der Waals surface area contributed by atoms with Crippen LogP contribution in [0.5, 0.6) is 5.75 Å². The monoisotopic (exact) mass is 356 g/mol. The second-order valence-electron chi connectivity index (χ2n) is 6.64. The lowest BCUT2D eigenvalue weighted by atomic mass is 10.0. The highest BCUT2D eigenvalue weighted by molar-refractivity contribution is 5.94. The van der Waals surface area contributed by atoms with E-state index in [-0.39, 0.29) is 5.91 Å². The first-order valence-corrected chi connectivity index (χ1v) is 8.95. The van der Waals surface area contributed by atoms with Crippen molar-refractivity contribution >= 4 is 11.6 Å². The van der Waals surface area contributed by atoms with Crippen LogP contribution in [0.4, 0.5) is 5.69 Å². The standard InChI is InChI=1S/C21H28N2O3/c1-16(2)13-20(22)21(24)23-18-8-6-7-17(14-18)15-25-11-12-26-19-9-4-3-5-10-19/h3-10,14,16,20H,11-13,15,22H2,1-2H3,(H,23,24)/t20-/m0/s1. The van der Waals surface area contributed by atoms with Gasteiger partial charge in [-0.1, -0.05) is 44.2 Å². The molecule has 0 fully saturated rings. The second-order valence-corrected chi connectivity index (χ2v) is 6.64. The number of carbonyl (C=O) groups is 1. The van der Waals surface area contributed by atoms with Crippen LogP contribution < -0.4 is 15.8 Å². The van der Waals surface area contributed by atoms with Gasteiger partial charge >= 0.3 is 0 Å². The predicted octanol–water partition coefficient (Wildman–Crippen LogP) is 3.59. The Morgan fingerprint density at radius 3 is 2.58 bits per heavy atom. The molecule has 0 heterocycles. The van der Waals surface area contributed by atoms with Crippen molar-refractivity contribution < 1.29 is 14.3 Å². The van der Waals surface area contributed by atoms with E-state index in [0.717, 1.165) is 17.0 Å². The Kier molecular flexibility index (Phi) is 8.12. The molecule has 2 aromatic carbocycles. The minimum Gasteiger partial charge on any atom is -0.491 e. The molecule has 26 heavy (non-hydrogen) atoms. The van der Waals surface area contributed by atoms with E-state index in [4.69, 9.17) is 15.2 Å². The Bertz CT molecular complexity index is 674. The van der Waals surface area contributed by atoms with Crippen molar-refractivity contribution in [3.63, 3.8) is 0 Å². The van der Waals surface area contributed by atoms with Crippen molar-refractivity contribution in [1.29, 1.82) is 0 Å². The molecule has 2 aromatic rings. The topological polar surface area (TPSA) is 73.6 Å². The molecule has 1 amide bonds. The zero-order valence-electron chi connectivity index (χ0n) is 15.5. The molecule has 0 aliphatic heterocycles. The van der Waals surface area contributed by atoms with Gasteiger partial charge in [0.25, 0.3) is 0 Å². The first-order valence-electron chi connectivity index (χ1n) is 8.95. The van der Waals surface area contributed by atoms with Gasteiger partial charge in [-0.2, -0.15) is 0 Å². The molecule has 2 rings (SSSR count). The van der Waals surface area contributed by atoms with Gasteiger partial charge in [0, 0.05) is 5.69 Å². The maximum absolute atomic E-state index is 12.1. The van der Waals surface area contributed by atoms with Crippen molar-refractivity contribution in [2.75, 3.05) is 18.5 Å². The van der Waals surface area contributed by atoms with Crippen molar-refractivity contribution in [2.24, 2.45) is 11.7 Å². The van der Waals surface area contributed by atoms with Gasteiger partial charge in [-0.15, -0.1) is 0 Å². The highest BCUT2D eigenvalue weighted by Crippen LogP contribution is 2.13. The zero-order chi connectivity index (χ0) is 18.8. The van der Waals surface area contributed by atoms with Gasteiger partial charge in [-0.05, 0) is 42.2 Å². The quantitative estimate of drug-likeness (QED) is 0.638. The summed E-state index contributed by atoms with van der Waals surface area (Å²) in [5.74, 6) is 1.06. The van der Waals surface area contributed by atoms with Crippen LogP contribution >= 0.6 is 0 Å². The van der Waals surface area contributed by atoms with Gasteiger partial charge in [0.1, 0.15) is 12.4 Å². The number of carbonyl (C=O) groups excluding carboxylic acids is 1. The fourth-order valence-electron chi connectivity index (χ4n) is 2.51. The normalized spacial score (nSPS) is 12.0. The van der Waals surface area contributed by atoms with E-state index in [2.05, 4.69) is 5.32 Å². The number of ether oxygens (including phenoxy) is 2. The van der Waals surface area contributed by atoms with Gasteiger partial charge in [0.05, 0.1) is 19.3 Å². The number of benzene rings is 2. The van der Waals surface area contributed by atoms with Crippen LogP contribution in [0.2, 0.25) is 0 Å². The maximum Gasteiger partial charge on any atom is 0.241 e. The summed E-state index contributed by atoms with van der Waals surface area (Å²) >= 11 is 0. The molecule has 0 saturated heterocycles. The Morgan fingerprint density at radius 2 is 1.85 bits per heavy atom. The van der Waals surface area contributed by atoms with E-state index >= 15 is 0 Å². The summed E-state index contributed by atoms with van der Waals surface area (Å²) < 4.78 is 11.2. The highest BCUT2D eigenvalue weighted by Gasteiger charge is 2.15. The molecule has 1 atom stereocenters. The van der Waals surface area contributed by atoms with Crippen LogP contribution in [0.1, 0.15) is 25.8 Å². The molecule has 0 saturated carbocycles. The van der Waals surface area contributed by atoms with Crippen LogP contribution in [0, 0.1) is 5.92 Å². The lowest BCUT2D eigenvalue weighted by molar-refractivity contribution is -0.117. The summed E-state index contributed by atoms with van der Waals surface area (Å²) in [5, 5.41) is 2.87. The lowest BCUT2D eigenvalue weighted by Gasteiger charge is -2.14. The van der Waals surface area contributed by atoms with Gasteiger partial charge in [0.2, 0.25) is 5.91 Å². The largest absolute Gasteiger partial charge is 0.491 e. The van der Waals surface area contributed by atoms with E-state index in [1.807, 2.05) is 68.4 Å². The first-order chi connectivity index (χ1) is 12.5. The van der Waals surface area contributed by atoms with Crippen LogP contribution in [-0.2, 0) is 16.1 Å². The minimum atomic E-state index is -0.495. The van der Waals surface area contributed by atoms with E-state index in [0.29, 0.717) is 32.2 Å². The fourth-order valence-corrected chi connectivity index (χ4v) is 2.51. The molecule has 5 heteroatoms. The van der Waals surface area contributed by atoms with Crippen LogP contribution in [-0.4, -0.2) is 25.2 Å². The fraction of sp³-hybridized carbons (Fsp3) is 0.381. The van der Waals surface area contributed by atoms with Gasteiger partial charge in [-0.25, -0.2) is 0 Å². The van der Waals surface area contributed by atoms with Crippen molar-refractivity contribution in [1.82, 2.24) is 0 Å². The first kappa shape index (κ1) is 19.9. The summed E-state index contributed by atoms with van der Waals surface area (Å²) in [6, 6.07) is 16.7. The van der Waals surface area contributed by atoms with Crippen molar-refractivity contribution in [3.8, 4) is 5.75 Å². The molecule has 0 spiro atoms. The summed E-state index contributed by atoms with van der Waals surface area (Å²) in [5.41, 5.74) is 7.63. The average molecular weight is 356 g/mol. The van der Waals surface area contributed by atoms with E-state index in [1.165, 1.54) is 0 Å². The number of nitrogens with one attached hydrogen (secondary N) is 1. The van der Waals surface area contributed by atoms with Crippen LogP contribution in [0.3, 0.4) is 0 Å². The third kappa shape index (κ3) is 7.25. The van der Waals surface area contributed by atoms with Gasteiger partial charge in [-0.3, -0.25) is 4.79 Å². The van der Waals surface area contributed by atoms with Crippen molar-refractivity contribution in [3.05, 3.63) is 60.2 Å². The molecule has 0 aliphatic rings. The molecule has 3 N–H and O–H groups in total. The SMILES string of the molecule is CC(C)C[C@H](N)C(=O)Nc1cccc(COCCOc2ccccc2)c1. The zero-order valence-corrected chi connectivity index (χ0v) is 15.5. The molecule has 5 nitrogen and oxygen atoms in total. The molecule has 0 aliphatic carbocycles. The Hall–Kier alpha value is -2.37. The Morgan fingerprint density at radius 1 is 1.08 bits per heavy atom. The summed E-state index contributed by atoms with van der Waals surface area (Å²) in [4.78, 5) is 12.1. The maximum atomic E-state index is 12.1. The van der Waals surface area contributed by atoms with E-state index < -0.39 is 6.04 Å². The molecule has 0 radical (unpaired) electrons. The van der Waals surface area contributed by atoms with E-state index in [9.17, 15) is 4.79 Å². The van der Waals surface area contributed by atoms with Crippen molar-refractivity contribution in [2.45, 2.75) is 32.9 Å². The van der Waals surface area contributed by atoms with E-state index in [1.54, 1.807) is 0 Å². The summed E-state index contributed by atoms with van der Waals surface area (Å²) in [6.07, 6.45) is 0.663. The number of amides is 1. The third-order valence-electron chi connectivity index (χ3n) is 3.76. The third-order valence-corrected chi connectivity index (χ3v) is 3.76. The number of hydrogen-bond acceptors (Lipinski definition) is 4. The highest BCUT2D eigenvalue weighted by atomic mass is 16.5. The molecule has 0 aromatic heterocycles. The molecular weight excluding hydrogens is 328 g/mol. The minimum absolute atomic E-state index is 0.159. The number of para-hydroxylation sites is 1. The molecule has 140 valence electrons. The van der Waals surface area contributed by atoms with Gasteiger partial charge in [0.15, 0.2) is 0 Å². The van der Waals surface area contributed by atoms with Gasteiger partial charge < -0.3 is 20.5 Å². The summed E-state index contributed by atoms with van der Waals surface area (Å²) in [6.45, 7) is 5.54. The number of nitrogens with two attached hydrogens (primary N) is 1. The summed E-state index contributed by atoms with van der Waals surface area (Å²) in [7, 11) is 0. The average Bonchev–Trinajstić information content (AvgIpc) is 2.62. The molecule has 0 unspecified atom stereocenters. The second kappa shape index (κ2) is 10.6. The lowest BCUT2D eigenvalue weighted by Crippen LogP contribution is -2.36. The van der Waals surface area contributed by atoms with Crippen LogP contribution in [0.15, 0.2) is 54.6 Å². The van der Waals surface area contributed by atoms with Crippen LogP contribution in [0.25, 0.3) is 0 Å². The Labute approximate surface area is 155 Å². The molecule has 0 bridgehead atoms. The predicted molar refractivity (Wildman–Crippen MR) is 104 cm³/mol. The number of hydrogen-bond donors (Lipinski definition) is 2. The number of rotatable bonds is 10. The molecular formula is C21H28N2O3. The Balaban J connectivity index is 1.73.